The molecule has 0 aliphatic rings. The molecule has 0 N–H and O–H groups in total. The Kier molecular flexibility index (Phi) is 5.22. The summed E-state index contributed by atoms with van der Waals surface area (Å²) in [4.78, 5) is 12.5. The molecule has 0 bridgehead atoms. The van der Waals surface area contributed by atoms with Crippen molar-refractivity contribution >= 4 is 5.78 Å². The molecule has 0 radical (unpaired) electrons. The normalized spacial score (nSPS) is 10.6. The topological polar surface area (TPSA) is 26.3 Å². The molecule has 2 heteroatoms. The molecule has 0 fully saturated rings. The summed E-state index contributed by atoms with van der Waals surface area (Å²) in [7, 11) is 0. The number of aryl methyl sites for hydroxylation is 2. The minimum atomic E-state index is 0.0259. The maximum absolute atomic E-state index is 12.5. The van der Waals surface area contributed by atoms with Gasteiger partial charge in [-0.15, -0.1) is 0 Å². The van der Waals surface area contributed by atoms with E-state index < -0.39 is 0 Å². The molecule has 0 aliphatic carbocycles. The summed E-state index contributed by atoms with van der Waals surface area (Å²) in [5, 5.41) is 0. The largest absolute Gasteiger partial charge is 0.489 e. The summed E-state index contributed by atoms with van der Waals surface area (Å²) < 4.78 is 5.98. The third kappa shape index (κ3) is 3.70. The van der Waals surface area contributed by atoms with E-state index in [9.17, 15) is 4.79 Å². The Bertz CT molecular complexity index is 923. The van der Waals surface area contributed by atoms with Crippen LogP contribution in [-0.2, 0) is 6.61 Å². The van der Waals surface area contributed by atoms with Gasteiger partial charge >= 0.3 is 0 Å². The Morgan fingerprint density at radius 3 is 2.04 bits per heavy atom. The van der Waals surface area contributed by atoms with E-state index in [4.69, 9.17) is 4.74 Å². The van der Waals surface area contributed by atoms with Gasteiger partial charge in [0.15, 0.2) is 5.78 Å². The molecule has 0 atom stereocenters. The van der Waals surface area contributed by atoms with Gasteiger partial charge in [-0.05, 0) is 79.8 Å². The number of ketones is 1. The Labute approximate surface area is 155 Å². The second-order valence-electron chi connectivity index (χ2n) is 6.75. The van der Waals surface area contributed by atoms with Gasteiger partial charge in [0.1, 0.15) is 12.4 Å². The summed E-state index contributed by atoms with van der Waals surface area (Å²) in [5.74, 6) is 0.796. The Morgan fingerprint density at radius 2 is 1.38 bits per heavy atom. The summed E-state index contributed by atoms with van der Waals surface area (Å²) >= 11 is 0. The van der Waals surface area contributed by atoms with Crippen molar-refractivity contribution in [1.29, 1.82) is 0 Å². The average molecular weight is 344 g/mol. The highest BCUT2D eigenvalue weighted by atomic mass is 16.5. The van der Waals surface area contributed by atoms with E-state index >= 15 is 0 Å². The maximum atomic E-state index is 12.5. The van der Waals surface area contributed by atoms with Gasteiger partial charge in [0.25, 0.3) is 0 Å². The molecule has 132 valence electrons. The van der Waals surface area contributed by atoms with Crippen molar-refractivity contribution in [2.75, 3.05) is 0 Å². The number of benzene rings is 3. The summed E-state index contributed by atoms with van der Waals surface area (Å²) in [6, 6.07) is 18.9. The van der Waals surface area contributed by atoms with Crippen molar-refractivity contribution < 1.29 is 9.53 Å². The molecular weight excluding hydrogens is 320 g/mol. The van der Waals surface area contributed by atoms with E-state index in [0.29, 0.717) is 17.7 Å². The molecule has 0 heterocycles. The minimum absolute atomic E-state index is 0.0259. The van der Waals surface area contributed by atoms with Crippen LogP contribution in [0.1, 0.15) is 43.7 Å². The smallest absolute Gasteiger partial charge is 0.193 e. The predicted octanol–water partition coefficient (Wildman–Crippen LogP) is 5.73. The quantitative estimate of drug-likeness (QED) is 0.552. The number of carbonyl (C=O) groups excluding carboxylic acids is 1. The minimum Gasteiger partial charge on any atom is -0.489 e. The first-order chi connectivity index (χ1) is 12.5. The fourth-order valence-corrected chi connectivity index (χ4v) is 3.17. The molecular formula is C24H24O2. The van der Waals surface area contributed by atoms with E-state index in [0.717, 1.165) is 5.75 Å². The van der Waals surface area contributed by atoms with E-state index in [2.05, 4.69) is 33.8 Å². The first-order valence-electron chi connectivity index (χ1n) is 8.86. The van der Waals surface area contributed by atoms with Crippen molar-refractivity contribution in [3.63, 3.8) is 0 Å². The zero-order valence-corrected chi connectivity index (χ0v) is 15.8. The van der Waals surface area contributed by atoms with Gasteiger partial charge in [0.05, 0.1) is 0 Å². The Hall–Kier alpha value is -2.87. The first-order valence-corrected chi connectivity index (χ1v) is 8.86. The lowest BCUT2D eigenvalue weighted by Gasteiger charge is -2.16. The van der Waals surface area contributed by atoms with Gasteiger partial charge in [-0.2, -0.15) is 0 Å². The number of rotatable bonds is 5. The molecule has 0 spiro atoms. The Morgan fingerprint density at radius 1 is 0.769 bits per heavy atom. The van der Waals surface area contributed by atoms with Crippen molar-refractivity contribution in [3.8, 4) is 5.75 Å². The lowest BCUT2D eigenvalue weighted by atomic mass is 9.95. The fourth-order valence-electron chi connectivity index (χ4n) is 3.17. The zero-order valence-electron chi connectivity index (χ0n) is 15.8. The van der Waals surface area contributed by atoms with Crippen LogP contribution in [0.3, 0.4) is 0 Å². The van der Waals surface area contributed by atoms with Crippen LogP contribution < -0.4 is 4.74 Å². The van der Waals surface area contributed by atoms with Crippen LogP contribution in [0.25, 0.3) is 0 Å². The standard InChI is InChI=1S/C24H24O2/c1-16-14-17(2)23(19(4)18(16)3)15-26-22-12-10-21(11-13-22)24(25)20-8-6-5-7-9-20/h5-14H,15H2,1-4H3. The van der Waals surface area contributed by atoms with Gasteiger partial charge in [-0.1, -0.05) is 36.4 Å². The van der Waals surface area contributed by atoms with Crippen molar-refractivity contribution in [3.05, 3.63) is 99.6 Å². The van der Waals surface area contributed by atoms with Gasteiger partial charge < -0.3 is 4.74 Å². The maximum Gasteiger partial charge on any atom is 0.193 e. The van der Waals surface area contributed by atoms with Gasteiger partial charge in [0.2, 0.25) is 0 Å². The van der Waals surface area contributed by atoms with Crippen LogP contribution in [0.2, 0.25) is 0 Å². The Balaban J connectivity index is 1.73. The van der Waals surface area contributed by atoms with Crippen molar-refractivity contribution in [2.45, 2.75) is 34.3 Å². The van der Waals surface area contributed by atoms with Crippen molar-refractivity contribution in [2.24, 2.45) is 0 Å². The molecule has 0 saturated carbocycles. The van der Waals surface area contributed by atoms with Crippen LogP contribution in [0.15, 0.2) is 60.7 Å². The van der Waals surface area contributed by atoms with Gasteiger partial charge in [-0.3, -0.25) is 4.79 Å². The van der Waals surface area contributed by atoms with E-state index in [1.165, 1.54) is 27.8 Å². The van der Waals surface area contributed by atoms with E-state index in [1.54, 1.807) is 0 Å². The van der Waals surface area contributed by atoms with Crippen LogP contribution >= 0.6 is 0 Å². The molecule has 3 rings (SSSR count). The van der Waals surface area contributed by atoms with Crippen molar-refractivity contribution in [1.82, 2.24) is 0 Å². The summed E-state index contributed by atoms with van der Waals surface area (Å²) in [6.07, 6.45) is 0. The summed E-state index contributed by atoms with van der Waals surface area (Å²) in [6.45, 7) is 9.10. The van der Waals surface area contributed by atoms with Gasteiger partial charge in [-0.25, -0.2) is 0 Å². The summed E-state index contributed by atoms with van der Waals surface area (Å²) in [5.41, 5.74) is 7.77. The predicted molar refractivity (Wildman–Crippen MR) is 106 cm³/mol. The molecule has 0 aromatic heterocycles. The number of hydrogen-bond acceptors (Lipinski definition) is 2. The first kappa shape index (κ1) is 17.9. The molecule has 0 unspecified atom stereocenters. The second kappa shape index (κ2) is 7.57. The second-order valence-corrected chi connectivity index (χ2v) is 6.75. The SMILES string of the molecule is Cc1cc(C)c(COc2ccc(C(=O)c3ccccc3)cc2)c(C)c1C. The molecule has 0 amide bonds. The van der Waals surface area contributed by atoms with E-state index in [1.807, 2.05) is 54.6 Å². The third-order valence-corrected chi connectivity index (χ3v) is 5.05. The number of hydrogen-bond donors (Lipinski definition) is 0. The highest BCUT2D eigenvalue weighted by Crippen LogP contribution is 2.23. The molecule has 26 heavy (non-hydrogen) atoms. The lowest BCUT2D eigenvalue weighted by molar-refractivity contribution is 0.103. The van der Waals surface area contributed by atoms with Crippen LogP contribution in [-0.4, -0.2) is 5.78 Å². The van der Waals surface area contributed by atoms with Crippen LogP contribution in [0.5, 0.6) is 5.75 Å². The molecule has 3 aromatic carbocycles. The van der Waals surface area contributed by atoms with Crippen LogP contribution in [0, 0.1) is 27.7 Å². The number of ether oxygens (including phenoxy) is 1. The molecule has 0 aliphatic heterocycles. The molecule has 0 saturated heterocycles. The third-order valence-electron chi connectivity index (χ3n) is 5.05. The number of carbonyl (C=O) groups is 1. The zero-order chi connectivity index (χ0) is 18.7. The molecule has 3 aromatic rings. The highest BCUT2D eigenvalue weighted by molar-refractivity contribution is 6.08. The monoisotopic (exact) mass is 344 g/mol. The fraction of sp³-hybridized carbons (Fsp3) is 0.208. The highest BCUT2D eigenvalue weighted by Gasteiger charge is 2.10. The average Bonchev–Trinajstić information content (AvgIpc) is 2.67. The molecule has 2 nitrogen and oxygen atoms in total. The lowest BCUT2D eigenvalue weighted by Crippen LogP contribution is -2.04. The van der Waals surface area contributed by atoms with Crippen LogP contribution in [0.4, 0.5) is 0 Å². The van der Waals surface area contributed by atoms with E-state index in [-0.39, 0.29) is 5.78 Å². The van der Waals surface area contributed by atoms with Gasteiger partial charge in [0, 0.05) is 11.1 Å².